The second-order valence-electron chi connectivity index (χ2n) is 7.05. The normalized spacial score (nSPS) is 16.3. The predicted molar refractivity (Wildman–Crippen MR) is 105 cm³/mol. The maximum Gasteiger partial charge on any atom is 0.237 e. The van der Waals surface area contributed by atoms with Crippen molar-refractivity contribution in [3.05, 3.63) is 59.4 Å². The van der Waals surface area contributed by atoms with Gasteiger partial charge in [-0.2, -0.15) is 0 Å². The first kappa shape index (κ1) is 18.4. The number of carbonyl (C=O) groups is 1. The number of anilines is 1. The van der Waals surface area contributed by atoms with Crippen molar-refractivity contribution in [2.45, 2.75) is 33.4 Å². The highest BCUT2D eigenvalue weighted by molar-refractivity contribution is 5.81. The average molecular weight is 352 g/mol. The summed E-state index contributed by atoms with van der Waals surface area (Å²) in [7, 11) is 0. The van der Waals surface area contributed by atoms with E-state index in [2.05, 4.69) is 52.1 Å². The molecule has 1 aromatic carbocycles. The Bertz CT molecular complexity index is 739. The van der Waals surface area contributed by atoms with Gasteiger partial charge >= 0.3 is 0 Å². The van der Waals surface area contributed by atoms with E-state index in [-0.39, 0.29) is 11.9 Å². The SMILES string of the molecule is Cc1ccc(N2CCN([C@H](C)C(=O)NCc3cccnc3)CC2)cc1C. The highest BCUT2D eigenvalue weighted by atomic mass is 16.2. The van der Waals surface area contributed by atoms with E-state index in [1.807, 2.05) is 19.1 Å². The van der Waals surface area contributed by atoms with Crippen molar-refractivity contribution >= 4 is 11.6 Å². The summed E-state index contributed by atoms with van der Waals surface area (Å²) in [5.41, 5.74) is 4.95. The second kappa shape index (κ2) is 8.32. The first-order valence-electron chi connectivity index (χ1n) is 9.27. The number of aromatic nitrogens is 1. The number of amides is 1. The van der Waals surface area contributed by atoms with Gasteiger partial charge < -0.3 is 10.2 Å². The van der Waals surface area contributed by atoms with Gasteiger partial charge in [0.25, 0.3) is 0 Å². The Hall–Kier alpha value is -2.40. The van der Waals surface area contributed by atoms with Crippen molar-refractivity contribution in [3.8, 4) is 0 Å². The van der Waals surface area contributed by atoms with Crippen LogP contribution in [0.3, 0.4) is 0 Å². The third-order valence-electron chi connectivity index (χ3n) is 5.29. The molecule has 138 valence electrons. The lowest BCUT2D eigenvalue weighted by molar-refractivity contribution is -0.126. The van der Waals surface area contributed by atoms with E-state index in [9.17, 15) is 4.79 Å². The fourth-order valence-corrected chi connectivity index (χ4v) is 3.30. The van der Waals surface area contributed by atoms with Crippen molar-refractivity contribution in [1.29, 1.82) is 0 Å². The maximum absolute atomic E-state index is 12.5. The second-order valence-corrected chi connectivity index (χ2v) is 7.05. The number of nitrogens with one attached hydrogen (secondary N) is 1. The number of aryl methyl sites for hydroxylation is 2. The van der Waals surface area contributed by atoms with Crippen LogP contribution in [-0.4, -0.2) is 48.0 Å². The lowest BCUT2D eigenvalue weighted by Crippen LogP contribution is -2.53. The first-order valence-corrected chi connectivity index (χ1v) is 9.27. The monoisotopic (exact) mass is 352 g/mol. The topological polar surface area (TPSA) is 48.5 Å². The van der Waals surface area contributed by atoms with Crippen LogP contribution in [-0.2, 0) is 11.3 Å². The van der Waals surface area contributed by atoms with Gasteiger partial charge in [0.05, 0.1) is 6.04 Å². The third kappa shape index (κ3) is 4.41. The summed E-state index contributed by atoms with van der Waals surface area (Å²) < 4.78 is 0. The third-order valence-corrected chi connectivity index (χ3v) is 5.29. The minimum atomic E-state index is -0.117. The summed E-state index contributed by atoms with van der Waals surface area (Å²) in [4.78, 5) is 21.2. The highest BCUT2D eigenvalue weighted by Gasteiger charge is 2.25. The van der Waals surface area contributed by atoms with Gasteiger partial charge in [0.1, 0.15) is 0 Å². The lowest BCUT2D eigenvalue weighted by Gasteiger charge is -2.38. The molecule has 0 radical (unpaired) electrons. The summed E-state index contributed by atoms with van der Waals surface area (Å²) in [5.74, 6) is 0.0773. The van der Waals surface area contributed by atoms with Gasteiger partial charge in [-0.25, -0.2) is 0 Å². The van der Waals surface area contributed by atoms with E-state index < -0.39 is 0 Å². The van der Waals surface area contributed by atoms with E-state index in [4.69, 9.17) is 0 Å². The Morgan fingerprint density at radius 1 is 1.15 bits per heavy atom. The lowest BCUT2D eigenvalue weighted by atomic mass is 10.1. The molecule has 2 heterocycles. The minimum absolute atomic E-state index is 0.0773. The van der Waals surface area contributed by atoms with Crippen molar-refractivity contribution < 1.29 is 4.79 Å². The van der Waals surface area contributed by atoms with Crippen molar-refractivity contribution in [1.82, 2.24) is 15.2 Å². The number of rotatable bonds is 5. The van der Waals surface area contributed by atoms with Gasteiger partial charge in [-0.3, -0.25) is 14.7 Å². The Kier molecular flexibility index (Phi) is 5.89. The van der Waals surface area contributed by atoms with Crippen LogP contribution in [0.25, 0.3) is 0 Å². The summed E-state index contributed by atoms with van der Waals surface area (Å²) in [6.07, 6.45) is 3.52. The van der Waals surface area contributed by atoms with Crippen LogP contribution >= 0.6 is 0 Å². The van der Waals surface area contributed by atoms with Crippen molar-refractivity contribution in [3.63, 3.8) is 0 Å². The van der Waals surface area contributed by atoms with Crippen LogP contribution < -0.4 is 10.2 Å². The highest BCUT2D eigenvalue weighted by Crippen LogP contribution is 2.20. The molecular formula is C21H28N4O. The minimum Gasteiger partial charge on any atom is -0.369 e. The van der Waals surface area contributed by atoms with E-state index >= 15 is 0 Å². The molecule has 0 spiro atoms. The molecule has 0 saturated carbocycles. The van der Waals surface area contributed by atoms with E-state index in [0.29, 0.717) is 6.54 Å². The molecule has 26 heavy (non-hydrogen) atoms. The molecule has 1 N–H and O–H groups in total. The van der Waals surface area contributed by atoms with Crippen LogP contribution in [0.2, 0.25) is 0 Å². The first-order chi connectivity index (χ1) is 12.5. The molecule has 0 aliphatic carbocycles. The zero-order valence-electron chi connectivity index (χ0n) is 15.9. The number of benzene rings is 1. The van der Waals surface area contributed by atoms with E-state index in [1.54, 1.807) is 12.4 Å². The van der Waals surface area contributed by atoms with Gasteiger partial charge in [-0.1, -0.05) is 12.1 Å². The molecule has 1 aromatic heterocycles. The van der Waals surface area contributed by atoms with Crippen molar-refractivity contribution in [2.24, 2.45) is 0 Å². The molecule has 1 saturated heterocycles. The zero-order chi connectivity index (χ0) is 18.5. The smallest absolute Gasteiger partial charge is 0.237 e. The molecule has 1 atom stereocenters. The fourth-order valence-electron chi connectivity index (χ4n) is 3.30. The molecule has 1 fully saturated rings. The predicted octanol–water partition coefficient (Wildman–Crippen LogP) is 2.53. The number of nitrogens with zero attached hydrogens (tertiary/aromatic N) is 3. The number of hydrogen-bond acceptors (Lipinski definition) is 4. The summed E-state index contributed by atoms with van der Waals surface area (Å²) >= 11 is 0. The molecule has 1 amide bonds. The summed E-state index contributed by atoms with van der Waals surface area (Å²) in [5, 5.41) is 3.02. The van der Waals surface area contributed by atoms with Gasteiger partial charge in [-0.15, -0.1) is 0 Å². The number of piperazine rings is 1. The standard InChI is InChI=1S/C21H28N4O/c1-16-6-7-20(13-17(16)2)25-11-9-24(10-12-25)18(3)21(26)23-15-19-5-4-8-22-14-19/h4-8,13-14,18H,9-12,15H2,1-3H3,(H,23,26)/t18-/m1/s1. The molecule has 1 aliphatic rings. The van der Waals surface area contributed by atoms with Gasteiger partial charge in [-0.05, 0) is 55.7 Å². The molecule has 2 aromatic rings. The zero-order valence-corrected chi connectivity index (χ0v) is 15.9. The molecular weight excluding hydrogens is 324 g/mol. The van der Waals surface area contributed by atoms with Crippen LogP contribution in [0.1, 0.15) is 23.6 Å². The molecule has 1 aliphatic heterocycles. The molecule has 0 bridgehead atoms. The Balaban J connectivity index is 1.50. The van der Waals surface area contributed by atoms with Crippen LogP contribution in [0.4, 0.5) is 5.69 Å². The molecule has 5 heteroatoms. The Morgan fingerprint density at radius 3 is 2.58 bits per heavy atom. The van der Waals surface area contributed by atoms with Gasteiger partial charge in [0, 0.05) is 50.8 Å². The van der Waals surface area contributed by atoms with Crippen LogP contribution in [0, 0.1) is 13.8 Å². The van der Waals surface area contributed by atoms with Crippen LogP contribution in [0.15, 0.2) is 42.7 Å². The number of pyridine rings is 1. The molecule has 0 unspecified atom stereocenters. The molecule has 5 nitrogen and oxygen atoms in total. The summed E-state index contributed by atoms with van der Waals surface area (Å²) in [6.45, 7) is 10.5. The molecule has 3 rings (SSSR count). The largest absolute Gasteiger partial charge is 0.369 e. The van der Waals surface area contributed by atoms with E-state index in [1.165, 1.54) is 16.8 Å². The maximum atomic E-state index is 12.5. The van der Waals surface area contributed by atoms with E-state index in [0.717, 1.165) is 31.7 Å². The van der Waals surface area contributed by atoms with Gasteiger partial charge in [0.15, 0.2) is 0 Å². The average Bonchev–Trinajstić information content (AvgIpc) is 2.68. The quantitative estimate of drug-likeness (QED) is 0.898. The Morgan fingerprint density at radius 2 is 1.92 bits per heavy atom. The number of hydrogen-bond donors (Lipinski definition) is 1. The Labute approximate surface area is 156 Å². The van der Waals surface area contributed by atoms with Crippen molar-refractivity contribution in [2.75, 3.05) is 31.1 Å². The van der Waals surface area contributed by atoms with Gasteiger partial charge in [0.2, 0.25) is 5.91 Å². The fraction of sp³-hybridized carbons (Fsp3) is 0.429. The summed E-state index contributed by atoms with van der Waals surface area (Å²) in [6, 6.07) is 10.4. The van der Waals surface area contributed by atoms with Crippen LogP contribution in [0.5, 0.6) is 0 Å². The number of carbonyl (C=O) groups excluding carboxylic acids is 1.